The maximum Gasteiger partial charge on any atom is 0.252 e. The number of carbonyl (C=O) groups is 1. The summed E-state index contributed by atoms with van der Waals surface area (Å²) in [5.74, 6) is 0.0169. The summed E-state index contributed by atoms with van der Waals surface area (Å²) in [6.45, 7) is 0.691. The lowest BCUT2D eigenvalue weighted by atomic mass is 9.88. The van der Waals surface area contributed by atoms with Gasteiger partial charge in [0.1, 0.15) is 0 Å². The highest BCUT2D eigenvalue weighted by molar-refractivity contribution is 6.04. The Kier molecular flexibility index (Phi) is 4.72. The molecule has 2 heterocycles. The molecule has 6 nitrogen and oxygen atoms in total. The molecule has 2 aliphatic rings. The first-order valence-electron chi connectivity index (χ1n) is 10.6. The predicted octanol–water partition coefficient (Wildman–Crippen LogP) is 3.46. The average Bonchev–Trinajstić information content (AvgIpc) is 3.21. The van der Waals surface area contributed by atoms with E-state index in [1.165, 1.54) is 25.7 Å². The van der Waals surface area contributed by atoms with Crippen LogP contribution in [0.4, 0.5) is 5.69 Å². The van der Waals surface area contributed by atoms with Gasteiger partial charge in [-0.25, -0.2) is 4.98 Å². The predicted molar refractivity (Wildman–Crippen MR) is 116 cm³/mol. The summed E-state index contributed by atoms with van der Waals surface area (Å²) in [5.41, 5.74) is 6.95. The number of likely N-dealkylation sites (N-methyl/N-ethyl adjacent to an activating group) is 1. The Morgan fingerprint density at radius 3 is 2.83 bits per heavy atom. The van der Waals surface area contributed by atoms with Crippen molar-refractivity contribution in [2.24, 2.45) is 0 Å². The van der Waals surface area contributed by atoms with E-state index in [0.29, 0.717) is 18.6 Å². The molecule has 0 saturated heterocycles. The Morgan fingerprint density at radius 1 is 1.10 bits per heavy atom. The van der Waals surface area contributed by atoms with Gasteiger partial charge in [-0.3, -0.25) is 4.79 Å². The lowest BCUT2D eigenvalue weighted by Crippen LogP contribution is -2.44. The van der Waals surface area contributed by atoms with E-state index in [2.05, 4.69) is 50.2 Å². The number of nitrogens with one attached hydrogen (secondary N) is 4. The molecule has 1 aromatic heterocycles. The van der Waals surface area contributed by atoms with Gasteiger partial charge in [-0.05, 0) is 67.3 Å². The van der Waals surface area contributed by atoms with Crippen molar-refractivity contribution in [3.05, 3.63) is 47.8 Å². The number of rotatable bonds is 4. The number of anilines is 1. The van der Waals surface area contributed by atoms with Gasteiger partial charge >= 0.3 is 0 Å². The van der Waals surface area contributed by atoms with Crippen molar-refractivity contribution >= 4 is 22.6 Å². The van der Waals surface area contributed by atoms with Crippen LogP contribution < -0.4 is 16.0 Å². The maximum atomic E-state index is 12.7. The number of hydrogen-bond acceptors (Lipinski definition) is 4. The molecule has 6 heteroatoms. The van der Waals surface area contributed by atoms with Gasteiger partial charge in [-0.1, -0.05) is 18.9 Å². The zero-order valence-electron chi connectivity index (χ0n) is 16.7. The van der Waals surface area contributed by atoms with Crippen LogP contribution in [0.5, 0.6) is 0 Å². The fraction of sp³-hybridized carbons (Fsp3) is 0.391. The molecule has 1 fully saturated rings. The molecule has 5 rings (SSSR count). The van der Waals surface area contributed by atoms with Gasteiger partial charge in [0.2, 0.25) is 0 Å². The largest absolute Gasteiger partial charge is 0.381 e. The van der Waals surface area contributed by atoms with Crippen molar-refractivity contribution in [3.8, 4) is 11.1 Å². The number of hydrogen-bond donors (Lipinski definition) is 4. The maximum absolute atomic E-state index is 12.7. The average molecular weight is 390 g/mol. The second-order valence-corrected chi connectivity index (χ2v) is 8.13. The van der Waals surface area contributed by atoms with Crippen LogP contribution in [0.1, 0.15) is 41.6 Å². The SMILES string of the molecule is CNC1CCCCC1Nc1cc2c(c(-c3ccc4nc[nH]c4c3)c1)C(=O)NCC2. The summed E-state index contributed by atoms with van der Waals surface area (Å²) < 4.78 is 0. The topological polar surface area (TPSA) is 81.8 Å². The Morgan fingerprint density at radius 2 is 1.97 bits per heavy atom. The minimum Gasteiger partial charge on any atom is -0.381 e. The van der Waals surface area contributed by atoms with E-state index in [0.717, 1.165) is 45.4 Å². The van der Waals surface area contributed by atoms with Gasteiger partial charge in [0.15, 0.2) is 0 Å². The number of H-pyrrole nitrogens is 1. The molecule has 29 heavy (non-hydrogen) atoms. The number of nitrogens with zero attached hydrogens (tertiary/aromatic N) is 1. The number of imidazole rings is 1. The molecule has 0 spiro atoms. The third-order valence-electron chi connectivity index (χ3n) is 6.35. The van der Waals surface area contributed by atoms with Crippen LogP contribution in [-0.2, 0) is 6.42 Å². The van der Waals surface area contributed by atoms with E-state index >= 15 is 0 Å². The Hall–Kier alpha value is -2.86. The molecule has 0 bridgehead atoms. The molecule has 150 valence electrons. The van der Waals surface area contributed by atoms with Gasteiger partial charge in [0.25, 0.3) is 5.91 Å². The third kappa shape index (κ3) is 3.38. The molecule has 1 saturated carbocycles. The molecule has 1 amide bonds. The zero-order valence-corrected chi connectivity index (χ0v) is 16.7. The van der Waals surface area contributed by atoms with Crippen molar-refractivity contribution in [1.29, 1.82) is 0 Å². The number of aromatic amines is 1. The van der Waals surface area contributed by atoms with Crippen LogP contribution in [0.25, 0.3) is 22.2 Å². The van der Waals surface area contributed by atoms with E-state index in [-0.39, 0.29) is 5.91 Å². The lowest BCUT2D eigenvalue weighted by Gasteiger charge is -2.33. The summed E-state index contributed by atoms with van der Waals surface area (Å²) in [4.78, 5) is 20.2. The van der Waals surface area contributed by atoms with Crippen LogP contribution in [-0.4, -0.2) is 41.6 Å². The van der Waals surface area contributed by atoms with Gasteiger partial charge in [-0.15, -0.1) is 0 Å². The van der Waals surface area contributed by atoms with E-state index in [4.69, 9.17) is 0 Å². The van der Waals surface area contributed by atoms with Crippen LogP contribution in [0, 0.1) is 0 Å². The summed E-state index contributed by atoms with van der Waals surface area (Å²) in [7, 11) is 2.05. The first-order valence-corrected chi connectivity index (χ1v) is 10.6. The van der Waals surface area contributed by atoms with Crippen LogP contribution >= 0.6 is 0 Å². The van der Waals surface area contributed by atoms with E-state index < -0.39 is 0 Å². The highest BCUT2D eigenvalue weighted by atomic mass is 16.1. The molecule has 2 atom stereocenters. The Bertz CT molecular complexity index is 1060. The molecule has 1 aliphatic heterocycles. The van der Waals surface area contributed by atoms with Gasteiger partial charge < -0.3 is 20.9 Å². The van der Waals surface area contributed by atoms with Crippen molar-refractivity contribution in [2.45, 2.75) is 44.2 Å². The molecular weight excluding hydrogens is 362 g/mol. The summed E-state index contributed by atoms with van der Waals surface area (Å²) in [6.07, 6.45) is 7.46. The molecule has 1 aliphatic carbocycles. The van der Waals surface area contributed by atoms with E-state index in [9.17, 15) is 4.79 Å². The van der Waals surface area contributed by atoms with Gasteiger partial charge in [-0.2, -0.15) is 0 Å². The summed E-state index contributed by atoms with van der Waals surface area (Å²) >= 11 is 0. The van der Waals surface area contributed by atoms with Crippen molar-refractivity contribution < 1.29 is 4.79 Å². The number of fused-ring (bicyclic) bond motifs is 2. The van der Waals surface area contributed by atoms with Gasteiger partial charge in [0.05, 0.1) is 22.9 Å². The van der Waals surface area contributed by atoms with E-state index in [1.54, 1.807) is 6.33 Å². The summed E-state index contributed by atoms with van der Waals surface area (Å²) in [6, 6.07) is 11.4. The summed E-state index contributed by atoms with van der Waals surface area (Å²) in [5, 5.41) is 10.3. The van der Waals surface area contributed by atoms with Crippen LogP contribution in [0.15, 0.2) is 36.7 Å². The molecule has 2 aromatic carbocycles. The van der Waals surface area contributed by atoms with Crippen LogP contribution in [0.2, 0.25) is 0 Å². The van der Waals surface area contributed by atoms with Crippen molar-refractivity contribution in [1.82, 2.24) is 20.6 Å². The highest BCUT2D eigenvalue weighted by Crippen LogP contribution is 2.34. The number of aromatic nitrogens is 2. The smallest absolute Gasteiger partial charge is 0.252 e. The monoisotopic (exact) mass is 389 g/mol. The fourth-order valence-corrected chi connectivity index (χ4v) is 4.84. The quantitative estimate of drug-likeness (QED) is 0.551. The standard InChI is InChI=1S/C23H27N5O/c1-24-18-4-2-3-5-20(18)28-16-10-15-8-9-25-23(29)22(15)17(12-16)14-6-7-19-21(11-14)27-13-26-19/h6-7,10-13,18,20,24,28H,2-5,8-9H2,1H3,(H,25,29)(H,26,27). The number of carbonyl (C=O) groups excluding carboxylic acids is 1. The zero-order chi connectivity index (χ0) is 19.8. The van der Waals surface area contributed by atoms with Gasteiger partial charge in [0, 0.05) is 24.3 Å². The Labute approximate surface area is 170 Å². The first kappa shape index (κ1) is 18.2. The van der Waals surface area contributed by atoms with E-state index in [1.807, 2.05) is 13.1 Å². The normalized spacial score (nSPS) is 21.6. The molecule has 4 N–H and O–H groups in total. The third-order valence-corrected chi connectivity index (χ3v) is 6.35. The minimum atomic E-state index is 0.0169. The van der Waals surface area contributed by atoms with Crippen LogP contribution in [0.3, 0.4) is 0 Å². The second kappa shape index (κ2) is 7.52. The Balaban J connectivity index is 1.58. The van der Waals surface area contributed by atoms with Crippen molar-refractivity contribution in [2.75, 3.05) is 18.9 Å². The molecule has 3 aromatic rings. The van der Waals surface area contributed by atoms with Crippen molar-refractivity contribution in [3.63, 3.8) is 0 Å². The lowest BCUT2D eigenvalue weighted by molar-refractivity contribution is 0.0947. The fourth-order valence-electron chi connectivity index (χ4n) is 4.84. The number of benzene rings is 2. The highest BCUT2D eigenvalue weighted by Gasteiger charge is 2.26. The molecular formula is C23H27N5O. The molecule has 2 unspecified atom stereocenters. The minimum absolute atomic E-state index is 0.0169. The number of amides is 1. The molecule has 0 radical (unpaired) electrons. The first-order chi connectivity index (χ1) is 14.2. The second-order valence-electron chi connectivity index (χ2n) is 8.13.